The summed E-state index contributed by atoms with van der Waals surface area (Å²) < 4.78 is 23.6. The van der Waals surface area contributed by atoms with Gasteiger partial charge in [-0.05, 0) is 38.5 Å². The van der Waals surface area contributed by atoms with Gasteiger partial charge in [0.25, 0.3) is 0 Å². The third-order valence-corrected chi connectivity index (χ3v) is 4.00. The van der Waals surface area contributed by atoms with E-state index in [1.807, 2.05) is 20.8 Å². The second kappa shape index (κ2) is 5.36. The van der Waals surface area contributed by atoms with Crippen LogP contribution >= 0.6 is 11.6 Å². The van der Waals surface area contributed by atoms with Crippen LogP contribution in [0.25, 0.3) is 0 Å². The molecular weight excluding hydrogens is 276 g/mol. The second-order valence-electron chi connectivity index (χ2n) is 5.15. The third-order valence-electron chi connectivity index (χ3n) is 2.04. The van der Waals surface area contributed by atoms with Crippen molar-refractivity contribution in [2.45, 2.75) is 39.0 Å². The van der Waals surface area contributed by atoms with E-state index in [2.05, 4.69) is 15.4 Å². The Morgan fingerprint density at radius 3 is 2.50 bits per heavy atom. The molecule has 1 rings (SSSR count). The van der Waals surface area contributed by atoms with Crippen LogP contribution in [0.15, 0.2) is 11.1 Å². The quantitative estimate of drug-likeness (QED) is 0.840. The molecule has 0 bridgehead atoms. The van der Waals surface area contributed by atoms with Gasteiger partial charge in [-0.2, -0.15) is 4.80 Å². The van der Waals surface area contributed by atoms with Crippen molar-refractivity contribution in [1.82, 2.24) is 20.2 Å². The first kappa shape index (κ1) is 15.1. The third kappa shape index (κ3) is 4.38. The van der Waals surface area contributed by atoms with E-state index in [1.54, 1.807) is 6.92 Å². The molecule has 102 valence electrons. The van der Waals surface area contributed by atoms with Gasteiger partial charge < -0.3 is 0 Å². The van der Waals surface area contributed by atoms with E-state index >= 15 is 0 Å². The molecule has 0 atom stereocenters. The van der Waals surface area contributed by atoms with Gasteiger partial charge in [0, 0.05) is 5.54 Å². The van der Waals surface area contributed by atoms with Crippen molar-refractivity contribution in [3.63, 3.8) is 0 Å². The Morgan fingerprint density at radius 2 is 2.06 bits per heavy atom. The van der Waals surface area contributed by atoms with Gasteiger partial charge in [0.05, 0.1) is 11.3 Å². The maximum absolute atomic E-state index is 11.8. The Hall–Kier alpha value is -0.950. The van der Waals surface area contributed by atoms with E-state index in [1.165, 1.54) is 10.3 Å². The van der Waals surface area contributed by atoms with Crippen LogP contribution in [0, 0.1) is 0 Å². The topological polar surface area (TPSA) is 77.7 Å². The number of rotatable bonds is 4. The van der Waals surface area contributed by atoms with Crippen molar-refractivity contribution in [3.05, 3.63) is 16.9 Å². The summed E-state index contributed by atoms with van der Waals surface area (Å²) in [6.45, 7) is 7.39. The van der Waals surface area contributed by atoms with E-state index < -0.39 is 9.84 Å². The van der Waals surface area contributed by atoms with E-state index in [0.29, 0.717) is 5.57 Å². The molecule has 1 aromatic heterocycles. The summed E-state index contributed by atoms with van der Waals surface area (Å²) >= 11 is 5.45. The highest BCUT2D eigenvalue weighted by molar-refractivity contribution is 7.90. The lowest BCUT2D eigenvalue weighted by atomic mass is 10.1. The summed E-state index contributed by atoms with van der Waals surface area (Å²) in [6.07, 6.45) is 0. The Bertz CT molecular complexity index is 542. The molecule has 0 saturated carbocycles. The van der Waals surface area contributed by atoms with Crippen molar-refractivity contribution >= 4 is 21.4 Å². The van der Waals surface area contributed by atoms with Crippen molar-refractivity contribution in [1.29, 1.82) is 0 Å². The Kier molecular flexibility index (Phi) is 4.50. The van der Waals surface area contributed by atoms with Gasteiger partial charge in [-0.1, -0.05) is 11.6 Å². The fourth-order valence-electron chi connectivity index (χ4n) is 1.21. The smallest absolute Gasteiger partial charge is 0.189 e. The first-order valence-corrected chi connectivity index (χ1v) is 7.65. The first-order chi connectivity index (χ1) is 8.14. The molecule has 0 radical (unpaired) electrons. The van der Waals surface area contributed by atoms with Crippen molar-refractivity contribution in [2.24, 2.45) is 0 Å². The van der Waals surface area contributed by atoms with E-state index in [0.717, 1.165) is 0 Å². The molecule has 0 N–H and O–H groups in total. The first-order valence-electron chi connectivity index (χ1n) is 5.40. The average molecular weight is 293 g/mol. The summed E-state index contributed by atoms with van der Waals surface area (Å²) in [7, 11) is -3.31. The number of sulfone groups is 1. The van der Waals surface area contributed by atoms with Crippen LogP contribution in [0.1, 0.15) is 33.5 Å². The number of tetrazole rings is 1. The summed E-state index contributed by atoms with van der Waals surface area (Å²) in [5.41, 5.74) is 1.53. The Balaban J connectivity index is 2.83. The normalized spacial score (nSPS) is 13.9. The van der Waals surface area contributed by atoms with Crippen LogP contribution in [0.2, 0.25) is 0 Å². The van der Waals surface area contributed by atoms with Gasteiger partial charge in [0.1, 0.15) is 5.75 Å². The molecule has 1 aromatic rings. The lowest BCUT2D eigenvalue weighted by molar-refractivity contribution is 0.305. The van der Waals surface area contributed by atoms with Crippen LogP contribution in [0.5, 0.6) is 0 Å². The predicted octanol–water partition coefficient (Wildman–Crippen LogP) is 1.49. The fourth-order valence-corrected chi connectivity index (χ4v) is 2.77. The summed E-state index contributed by atoms with van der Waals surface area (Å²) in [4.78, 5) is 1.40. The van der Waals surface area contributed by atoms with Crippen LogP contribution in [0.4, 0.5) is 0 Å². The molecule has 0 spiro atoms. The van der Waals surface area contributed by atoms with E-state index in [4.69, 9.17) is 11.6 Å². The summed E-state index contributed by atoms with van der Waals surface area (Å²) in [5, 5.41) is 11.7. The number of nitrogens with zero attached hydrogens (tertiary/aromatic N) is 4. The largest absolute Gasteiger partial charge is 0.228 e. The SMILES string of the molecule is C/C(=C\Cl)CS(=O)(=O)Cc1nnn(C(C)(C)C)n1. The van der Waals surface area contributed by atoms with E-state index in [9.17, 15) is 8.42 Å². The van der Waals surface area contributed by atoms with Crippen LogP contribution in [0.3, 0.4) is 0 Å². The molecule has 0 aromatic carbocycles. The van der Waals surface area contributed by atoms with E-state index in [-0.39, 0.29) is 22.9 Å². The van der Waals surface area contributed by atoms with Gasteiger partial charge in [-0.3, -0.25) is 0 Å². The number of halogens is 1. The molecule has 8 heteroatoms. The monoisotopic (exact) mass is 292 g/mol. The molecule has 0 amide bonds. The Labute approximate surface area is 112 Å². The molecule has 1 heterocycles. The summed E-state index contributed by atoms with van der Waals surface area (Å²) in [5.74, 6) is -0.126. The van der Waals surface area contributed by atoms with Crippen LogP contribution < -0.4 is 0 Å². The van der Waals surface area contributed by atoms with Gasteiger partial charge in [0.15, 0.2) is 15.7 Å². The number of hydrogen-bond donors (Lipinski definition) is 0. The standard InChI is InChI=1S/C10H17ClN4O2S/c1-8(5-11)6-18(16,17)7-9-12-14-15(13-9)10(2,3)4/h5H,6-7H2,1-4H3/b8-5+. The van der Waals surface area contributed by atoms with Gasteiger partial charge in [-0.15, -0.1) is 10.2 Å². The highest BCUT2D eigenvalue weighted by atomic mass is 35.5. The molecular formula is C10H17ClN4O2S. The lowest BCUT2D eigenvalue weighted by Crippen LogP contribution is -2.25. The van der Waals surface area contributed by atoms with Gasteiger partial charge in [0.2, 0.25) is 0 Å². The number of hydrogen-bond acceptors (Lipinski definition) is 5. The highest BCUT2D eigenvalue weighted by Crippen LogP contribution is 2.11. The highest BCUT2D eigenvalue weighted by Gasteiger charge is 2.20. The predicted molar refractivity (Wildman–Crippen MR) is 69.9 cm³/mol. The molecule has 0 aliphatic carbocycles. The minimum atomic E-state index is -3.31. The summed E-state index contributed by atoms with van der Waals surface area (Å²) in [6, 6.07) is 0. The molecule has 0 saturated heterocycles. The van der Waals surface area contributed by atoms with Gasteiger partial charge in [-0.25, -0.2) is 8.42 Å². The van der Waals surface area contributed by atoms with Crippen LogP contribution in [-0.4, -0.2) is 34.4 Å². The van der Waals surface area contributed by atoms with Gasteiger partial charge >= 0.3 is 0 Å². The molecule has 18 heavy (non-hydrogen) atoms. The van der Waals surface area contributed by atoms with Crippen molar-refractivity contribution in [2.75, 3.05) is 5.75 Å². The van der Waals surface area contributed by atoms with Crippen molar-refractivity contribution in [3.8, 4) is 0 Å². The zero-order valence-electron chi connectivity index (χ0n) is 10.9. The van der Waals surface area contributed by atoms with Crippen LogP contribution in [-0.2, 0) is 21.1 Å². The maximum atomic E-state index is 11.8. The minimum absolute atomic E-state index is 0.0967. The Morgan fingerprint density at radius 1 is 1.44 bits per heavy atom. The zero-order valence-corrected chi connectivity index (χ0v) is 12.5. The molecule has 0 fully saturated rings. The fraction of sp³-hybridized carbons (Fsp3) is 0.700. The van der Waals surface area contributed by atoms with Crippen molar-refractivity contribution < 1.29 is 8.42 Å². The second-order valence-corrected chi connectivity index (χ2v) is 7.44. The average Bonchev–Trinajstić information content (AvgIpc) is 2.63. The molecule has 0 unspecified atom stereocenters. The molecule has 0 aliphatic heterocycles. The maximum Gasteiger partial charge on any atom is 0.189 e. The molecule has 6 nitrogen and oxygen atoms in total. The zero-order chi connectivity index (χ0) is 14.0. The molecule has 0 aliphatic rings. The minimum Gasteiger partial charge on any atom is -0.228 e. The number of aromatic nitrogens is 4. The lowest BCUT2D eigenvalue weighted by Gasteiger charge is -2.15.